The summed E-state index contributed by atoms with van der Waals surface area (Å²) in [5, 5.41) is 11.1. The number of aromatic nitrogens is 3. The lowest BCUT2D eigenvalue weighted by atomic mass is 9.98. The molecule has 0 aliphatic carbocycles. The van der Waals surface area contributed by atoms with E-state index < -0.39 is 0 Å². The van der Waals surface area contributed by atoms with E-state index in [1.807, 2.05) is 30.5 Å². The molecule has 0 radical (unpaired) electrons. The van der Waals surface area contributed by atoms with E-state index in [9.17, 15) is 0 Å². The van der Waals surface area contributed by atoms with Gasteiger partial charge in [0.25, 0.3) is 0 Å². The summed E-state index contributed by atoms with van der Waals surface area (Å²) in [5.41, 5.74) is 2.50. The van der Waals surface area contributed by atoms with E-state index in [1.165, 1.54) is 49.2 Å². The molecule has 1 unspecified atom stereocenters. The molecular formula is C22H24N4O. The number of hydrogen-bond donors (Lipinski definition) is 1. The summed E-state index contributed by atoms with van der Waals surface area (Å²) in [6, 6.07) is 23.4. The minimum absolute atomic E-state index is 0.611. The largest absolute Gasteiger partial charge is 0.346 e. The highest BCUT2D eigenvalue weighted by Crippen LogP contribution is 2.21. The van der Waals surface area contributed by atoms with Crippen molar-refractivity contribution in [3.05, 3.63) is 91.0 Å². The van der Waals surface area contributed by atoms with E-state index in [2.05, 4.69) is 67.7 Å². The number of para-hydroxylation sites is 1. The second-order valence-electron chi connectivity index (χ2n) is 6.20. The number of hydrogen-bond acceptors (Lipinski definition) is 5. The van der Waals surface area contributed by atoms with Crippen molar-refractivity contribution < 1.29 is 4.52 Å². The maximum atomic E-state index is 4.22. The van der Waals surface area contributed by atoms with Gasteiger partial charge in [-0.15, -0.1) is 5.10 Å². The molecule has 1 fully saturated rings. The average Bonchev–Trinajstić information content (AvgIpc) is 3.36. The van der Waals surface area contributed by atoms with Crippen molar-refractivity contribution >= 4 is 10.9 Å². The van der Waals surface area contributed by atoms with Crippen molar-refractivity contribution in [1.29, 1.82) is 0 Å². The Labute approximate surface area is 159 Å². The molecule has 4 aromatic rings. The third kappa shape index (κ3) is 6.31. The van der Waals surface area contributed by atoms with Crippen LogP contribution in [0.25, 0.3) is 10.9 Å². The monoisotopic (exact) mass is 360 g/mol. The highest BCUT2D eigenvalue weighted by Gasteiger charge is 2.13. The fourth-order valence-electron chi connectivity index (χ4n) is 2.97. The molecule has 1 atom stereocenters. The normalized spacial score (nSPS) is 15.8. The zero-order chi connectivity index (χ0) is 18.6. The van der Waals surface area contributed by atoms with Gasteiger partial charge in [-0.05, 0) is 37.1 Å². The standard InChI is InChI=1S/C11H15N.C9H7N.C2H2N2O/c1-2-6-10(7-3-1)11-8-4-5-9-12-11;1-2-6-9-8(4-1)5-3-7-10-9;1-2-5-4-3-1/h1-3,6-7,11-12H,4-5,8-9H2;1-7H;1-2H. The maximum Gasteiger partial charge on any atom is 0.144 e. The molecule has 0 spiro atoms. The summed E-state index contributed by atoms with van der Waals surface area (Å²) in [7, 11) is 0. The number of rotatable bonds is 1. The van der Waals surface area contributed by atoms with Crippen LogP contribution >= 0.6 is 0 Å². The predicted octanol–water partition coefficient (Wildman–Crippen LogP) is 4.81. The first-order valence-corrected chi connectivity index (χ1v) is 9.22. The first kappa shape index (κ1) is 18.7. The highest BCUT2D eigenvalue weighted by atomic mass is 16.5. The summed E-state index contributed by atoms with van der Waals surface area (Å²) in [4.78, 5) is 4.18. The molecule has 1 saturated heterocycles. The summed E-state index contributed by atoms with van der Waals surface area (Å²) in [5.74, 6) is 0. The Balaban J connectivity index is 0.000000126. The Kier molecular flexibility index (Phi) is 7.52. The van der Waals surface area contributed by atoms with Gasteiger partial charge in [-0.3, -0.25) is 4.98 Å². The van der Waals surface area contributed by atoms with Gasteiger partial charge >= 0.3 is 0 Å². The number of pyridine rings is 1. The molecule has 5 rings (SSSR count). The van der Waals surface area contributed by atoms with Crippen molar-refractivity contribution in [3.63, 3.8) is 0 Å². The van der Waals surface area contributed by atoms with Gasteiger partial charge in [-0.25, -0.2) is 0 Å². The van der Waals surface area contributed by atoms with Crippen LogP contribution in [0.4, 0.5) is 0 Å². The van der Waals surface area contributed by atoms with Crippen molar-refractivity contribution in [3.8, 4) is 0 Å². The molecule has 0 saturated carbocycles. The minimum Gasteiger partial charge on any atom is -0.346 e. The van der Waals surface area contributed by atoms with E-state index in [4.69, 9.17) is 0 Å². The second-order valence-corrected chi connectivity index (χ2v) is 6.20. The van der Waals surface area contributed by atoms with Crippen molar-refractivity contribution in [1.82, 2.24) is 20.7 Å². The van der Waals surface area contributed by atoms with Crippen LogP contribution in [0.1, 0.15) is 30.9 Å². The molecule has 1 aliphatic rings. The molecule has 27 heavy (non-hydrogen) atoms. The lowest BCUT2D eigenvalue weighted by Gasteiger charge is -2.23. The van der Waals surface area contributed by atoms with E-state index in [-0.39, 0.29) is 0 Å². The average molecular weight is 360 g/mol. The van der Waals surface area contributed by atoms with Crippen LogP contribution in [-0.2, 0) is 0 Å². The number of piperidine rings is 1. The zero-order valence-electron chi connectivity index (χ0n) is 15.2. The summed E-state index contributed by atoms with van der Waals surface area (Å²) >= 11 is 0. The molecule has 1 aliphatic heterocycles. The maximum absolute atomic E-state index is 4.22. The number of benzene rings is 2. The summed E-state index contributed by atoms with van der Waals surface area (Å²) < 4.78 is 4.22. The Bertz CT molecular complexity index is 792. The third-order valence-electron chi connectivity index (χ3n) is 4.31. The van der Waals surface area contributed by atoms with Crippen LogP contribution in [0.5, 0.6) is 0 Å². The lowest BCUT2D eigenvalue weighted by Crippen LogP contribution is -2.26. The van der Waals surface area contributed by atoms with E-state index >= 15 is 0 Å². The Morgan fingerprint density at radius 3 is 2.33 bits per heavy atom. The minimum atomic E-state index is 0.611. The first-order chi connectivity index (χ1) is 13.4. The zero-order valence-corrected chi connectivity index (χ0v) is 15.2. The summed E-state index contributed by atoms with van der Waals surface area (Å²) in [6.07, 6.45) is 8.68. The molecule has 3 heterocycles. The van der Waals surface area contributed by atoms with Crippen LogP contribution in [0.2, 0.25) is 0 Å². The number of fused-ring (bicyclic) bond motifs is 1. The smallest absolute Gasteiger partial charge is 0.144 e. The van der Waals surface area contributed by atoms with Gasteiger partial charge in [-0.2, -0.15) is 0 Å². The highest BCUT2D eigenvalue weighted by molar-refractivity contribution is 5.77. The van der Waals surface area contributed by atoms with Gasteiger partial charge < -0.3 is 9.84 Å². The lowest BCUT2D eigenvalue weighted by molar-refractivity contribution is 0.393. The Morgan fingerprint density at radius 1 is 0.852 bits per heavy atom. The molecule has 5 nitrogen and oxygen atoms in total. The van der Waals surface area contributed by atoms with Crippen LogP contribution in [-0.4, -0.2) is 21.9 Å². The van der Waals surface area contributed by atoms with Crippen molar-refractivity contribution in [2.45, 2.75) is 25.3 Å². The van der Waals surface area contributed by atoms with Crippen LogP contribution in [0.15, 0.2) is 89.9 Å². The van der Waals surface area contributed by atoms with E-state index in [1.54, 1.807) is 0 Å². The molecule has 1 N–H and O–H groups in total. The first-order valence-electron chi connectivity index (χ1n) is 9.22. The number of nitrogens with one attached hydrogen (secondary N) is 1. The van der Waals surface area contributed by atoms with Crippen molar-refractivity contribution in [2.24, 2.45) is 0 Å². The Morgan fingerprint density at radius 2 is 1.67 bits per heavy atom. The van der Waals surface area contributed by atoms with Crippen LogP contribution < -0.4 is 5.32 Å². The molecule has 138 valence electrons. The molecule has 2 aromatic carbocycles. The molecule has 0 bridgehead atoms. The van der Waals surface area contributed by atoms with Gasteiger partial charge in [0.1, 0.15) is 6.26 Å². The van der Waals surface area contributed by atoms with Crippen LogP contribution in [0, 0.1) is 0 Å². The summed E-state index contributed by atoms with van der Waals surface area (Å²) in [6.45, 7) is 1.18. The molecule has 5 heteroatoms. The quantitative estimate of drug-likeness (QED) is 0.528. The van der Waals surface area contributed by atoms with Gasteiger partial charge in [0, 0.05) is 22.9 Å². The van der Waals surface area contributed by atoms with Gasteiger partial charge in [0.15, 0.2) is 0 Å². The topological polar surface area (TPSA) is 63.8 Å². The fourth-order valence-corrected chi connectivity index (χ4v) is 2.97. The van der Waals surface area contributed by atoms with Crippen LogP contribution in [0.3, 0.4) is 0 Å². The third-order valence-corrected chi connectivity index (χ3v) is 4.31. The predicted molar refractivity (Wildman–Crippen MR) is 107 cm³/mol. The molecule has 0 amide bonds. The van der Waals surface area contributed by atoms with Gasteiger partial charge in [0.05, 0.1) is 11.7 Å². The van der Waals surface area contributed by atoms with Gasteiger partial charge in [0.2, 0.25) is 0 Å². The SMILES string of the molecule is c1ccc(C2CCCCN2)cc1.c1ccc2ncccc2c1.c1conn1. The van der Waals surface area contributed by atoms with Gasteiger partial charge in [-0.1, -0.05) is 61.0 Å². The van der Waals surface area contributed by atoms with E-state index in [0.717, 1.165) is 5.52 Å². The number of nitrogens with zero attached hydrogens (tertiary/aromatic N) is 3. The van der Waals surface area contributed by atoms with Crippen molar-refractivity contribution in [2.75, 3.05) is 6.54 Å². The Hall–Kier alpha value is -3.05. The van der Waals surface area contributed by atoms with E-state index in [0.29, 0.717) is 6.04 Å². The fraction of sp³-hybridized carbons (Fsp3) is 0.227. The molecular weight excluding hydrogens is 336 g/mol. The molecule has 2 aromatic heterocycles. The second kappa shape index (κ2) is 10.8.